The van der Waals surface area contributed by atoms with Crippen molar-refractivity contribution in [3.05, 3.63) is 21.8 Å². The number of carbonyl (C=O) groups is 3. The predicted molar refractivity (Wildman–Crippen MR) is 147 cm³/mol. The first kappa shape index (κ1) is 18.8. The lowest BCUT2D eigenvalue weighted by Crippen LogP contribution is -2.41. The van der Waals surface area contributed by atoms with Gasteiger partial charge in [-0.3, -0.25) is 14.4 Å². The van der Waals surface area contributed by atoms with E-state index < -0.39 is 89.9 Å². The molecule has 0 saturated heterocycles. The van der Waals surface area contributed by atoms with Gasteiger partial charge in [0.15, 0.2) is 0 Å². The van der Waals surface area contributed by atoms with Crippen molar-refractivity contribution in [3.63, 3.8) is 0 Å². The molecular formula is C19H26I3N3O9. The second-order valence-electron chi connectivity index (χ2n) is 6.09. The van der Waals surface area contributed by atoms with Crippen LogP contribution in [0.25, 0.3) is 0 Å². The van der Waals surface area contributed by atoms with Crippen LogP contribution in [0.5, 0.6) is 0 Å². The molecule has 3 unspecified atom stereocenters. The van der Waals surface area contributed by atoms with Gasteiger partial charge in [0.2, 0.25) is 5.91 Å². The average molecular weight is 831 g/mol. The van der Waals surface area contributed by atoms with Crippen LogP contribution < -0.4 is 15.5 Å². The van der Waals surface area contributed by atoms with E-state index in [2.05, 4.69) is 0 Å². The number of amides is 3. The van der Waals surface area contributed by atoms with Crippen molar-refractivity contribution in [3.8, 4) is 0 Å². The molecule has 15 heteroatoms. The van der Waals surface area contributed by atoms with Gasteiger partial charge in [0, 0.05) is 23.5 Å². The lowest BCUT2D eigenvalue weighted by Gasteiger charge is -2.28. The van der Waals surface area contributed by atoms with E-state index in [0.29, 0.717) is 0 Å². The normalized spacial score (nSPS) is 21.6. The molecule has 3 amide bonds. The van der Waals surface area contributed by atoms with Crippen molar-refractivity contribution in [2.24, 2.45) is 0 Å². The largest absolute Gasteiger partial charge is 0.394 e. The molecule has 3 atom stereocenters. The van der Waals surface area contributed by atoms with Crippen molar-refractivity contribution in [2.45, 2.75) is 25.2 Å². The second kappa shape index (κ2) is 15.0. The third-order valence-corrected chi connectivity index (χ3v) is 6.98. The maximum absolute atomic E-state index is 13.4. The number of nitrogens with zero attached hydrogens (tertiary/aromatic N) is 1. The summed E-state index contributed by atoms with van der Waals surface area (Å²) >= 11 is 4.30. The van der Waals surface area contributed by atoms with Gasteiger partial charge in [-0.2, -0.15) is 0 Å². The minimum absolute atomic E-state index is 0.270. The van der Waals surface area contributed by atoms with Crippen LogP contribution >= 0.6 is 67.8 Å². The third kappa shape index (κ3) is 8.32. The van der Waals surface area contributed by atoms with Crippen LogP contribution in [0.2, 0.25) is 0 Å². The smallest absolute Gasteiger partial charge is 0.253 e. The van der Waals surface area contributed by atoms with Gasteiger partial charge < -0.3 is 46.2 Å². The predicted octanol–water partition coefficient (Wildman–Crippen LogP) is -1.63. The standard InChI is InChI=1S/C19H26I3N3O9/c1-8(29)25(4-11(32)7-28)17-15(21)12(18(33)23-2-9(30)5-26)14(20)13(16(17)22)19(34)24-3-10(31)6-27/h9-11,26-28,30-32H,2-7H2,1H3,(H,23,33)(H,24,34)/i2D2,3D2,5D2,6D2,9D,10D. The zero-order chi connectivity index (χ0) is 35.2. The van der Waals surface area contributed by atoms with E-state index in [9.17, 15) is 45.0 Å². The van der Waals surface area contributed by atoms with Crippen LogP contribution in [0.3, 0.4) is 0 Å². The average Bonchev–Trinajstić information content (AvgIpc) is 2.80. The Bertz CT molecular complexity index is 1230. The summed E-state index contributed by atoms with van der Waals surface area (Å²) in [5.41, 5.74) is -1.79. The molecule has 0 aliphatic carbocycles. The van der Waals surface area contributed by atoms with Crippen molar-refractivity contribution in [1.82, 2.24) is 10.6 Å². The Hall–Kier alpha value is -0.420. The van der Waals surface area contributed by atoms with E-state index in [1.807, 2.05) is 0 Å². The minimum atomic E-state index is -4.02. The molecule has 0 aromatic heterocycles. The number of hydrogen-bond acceptors (Lipinski definition) is 9. The molecule has 12 nitrogen and oxygen atoms in total. The summed E-state index contributed by atoms with van der Waals surface area (Å²) in [6, 6.07) is 0. The number of aliphatic hydroxyl groups is 6. The first-order valence-electron chi connectivity index (χ1n) is 13.7. The van der Waals surface area contributed by atoms with Crippen LogP contribution in [0.1, 0.15) is 41.3 Å². The highest BCUT2D eigenvalue weighted by molar-refractivity contribution is 14.1. The maximum Gasteiger partial charge on any atom is 0.253 e. The summed E-state index contributed by atoms with van der Waals surface area (Å²) in [5, 5.41) is 61.5. The van der Waals surface area contributed by atoms with Crippen LogP contribution in [0.15, 0.2) is 0 Å². The van der Waals surface area contributed by atoms with Gasteiger partial charge in [-0.15, -0.1) is 0 Å². The number of halogens is 3. The summed E-state index contributed by atoms with van der Waals surface area (Å²) in [7, 11) is 0. The molecule has 34 heavy (non-hydrogen) atoms. The Morgan fingerprint density at radius 2 is 1.32 bits per heavy atom. The lowest BCUT2D eigenvalue weighted by molar-refractivity contribution is -0.117. The monoisotopic (exact) mass is 831 g/mol. The van der Waals surface area contributed by atoms with E-state index in [1.165, 1.54) is 78.4 Å². The fourth-order valence-corrected chi connectivity index (χ4v) is 7.07. The summed E-state index contributed by atoms with van der Waals surface area (Å²) in [6.07, 6.45) is -9.63. The van der Waals surface area contributed by atoms with Crippen molar-refractivity contribution >= 4 is 91.2 Å². The molecule has 1 aromatic carbocycles. The molecule has 0 heterocycles. The van der Waals surface area contributed by atoms with Crippen LogP contribution in [-0.2, 0) is 4.79 Å². The van der Waals surface area contributed by atoms with E-state index in [4.69, 9.17) is 13.7 Å². The molecule has 192 valence electrons. The Morgan fingerprint density at radius 1 is 0.912 bits per heavy atom. The summed E-state index contributed by atoms with van der Waals surface area (Å²) < 4.78 is 74.4. The molecular weight excluding hydrogens is 795 g/mol. The van der Waals surface area contributed by atoms with Crippen molar-refractivity contribution < 1.29 is 58.7 Å². The summed E-state index contributed by atoms with van der Waals surface area (Å²) in [4.78, 5) is 40.3. The van der Waals surface area contributed by atoms with E-state index in [-0.39, 0.29) is 12.8 Å². The number of nitrogens with one attached hydrogen (secondary N) is 2. The molecule has 0 aliphatic rings. The number of benzene rings is 1. The molecule has 0 spiro atoms. The Kier molecular flexibility index (Phi) is 8.27. The molecule has 8 N–H and O–H groups in total. The summed E-state index contributed by atoms with van der Waals surface area (Å²) in [5.74, 6) is -4.01. The highest BCUT2D eigenvalue weighted by Gasteiger charge is 2.32. The highest BCUT2D eigenvalue weighted by Crippen LogP contribution is 2.38. The molecule has 1 rings (SSSR count). The van der Waals surface area contributed by atoms with E-state index in [0.717, 1.165) is 11.8 Å². The van der Waals surface area contributed by atoms with Gasteiger partial charge in [0.1, 0.15) is 0 Å². The highest BCUT2D eigenvalue weighted by atomic mass is 127. The van der Waals surface area contributed by atoms with Gasteiger partial charge in [-0.25, -0.2) is 0 Å². The topological polar surface area (TPSA) is 200 Å². The number of anilines is 1. The van der Waals surface area contributed by atoms with Crippen LogP contribution in [-0.4, -0.2) is 106 Å². The number of aliphatic hydroxyl groups excluding tert-OH is 2. The van der Waals surface area contributed by atoms with Gasteiger partial charge in [-0.05, 0) is 67.8 Å². The van der Waals surface area contributed by atoms with Gasteiger partial charge in [-0.1, -0.05) is 0 Å². The first-order chi connectivity index (χ1) is 19.4. The third-order valence-electron chi connectivity index (χ3n) is 3.80. The van der Waals surface area contributed by atoms with Gasteiger partial charge in [0.25, 0.3) is 11.8 Å². The van der Waals surface area contributed by atoms with Gasteiger partial charge in [0.05, 0.1) is 82.2 Å². The second-order valence-corrected chi connectivity index (χ2v) is 9.32. The zero-order valence-electron chi connectivity index (χ0n) is 27.0. The maximum atomic E-state index is 13.4. The first-order valence-corrected chi connectivity index (χ1v) is 12.0. The molecule has 0 bridgehead atoms. The molecule has 1 aromatic rings. The van der Waals surface area contributed by atoms with Crippen molar-refractivity contribution in [2.75, 3.05) is 44.2 Å². The number of rotatable bonds is 12. The molecule has 0 radical (unpaired) electrons. The Labute approximate surface area is 250 Å². The molecule has 0 fully saturated rings. The molecule has 0 saturated carbocycles. The minimum Gasteiger partial charge on any atom is -0.394 e. The Balaban J connectivity index is 4.11. The summed E-state index contributed by atoms with van der Waals surface area (Å²) in [6.45, 7) is -15.9. The Morgan fingerprint density at radius 3 is 1.65 bits per heavy atom. The quantitative estimate of drug-likeness (QED) is 0.114. The number of hydrogen-bond donors (Lipinski definition) is 8. The van der Waals surface area contributed by atoms with E-state index in [1.54, 1.807) is 0 Å². The van der Waals surface area contributed by atoms with Crippen LogP contribution in [0, 0.1) is 10.7 Å². The zero-order valence-corrected chi connectivity index (χ0v) is 23.5. The fourth-order valence-electron chi connectivity index (χ4n) is 2.35. The fraction of sp³-hybridized carbons (Fsp3) is 0.526. The van der Waals surface area contributed by atoms with Crippen molar-refractivity contribution in [1.29, 1.82) is 0 Å². The lowest BCUT2D eigenvalue weighted by atomic mass is 10.1. The van der Waals surface area contributed by atoms with Gasteiger partial charge >= 0.3 is 0 Å². The SMILES string of the molecule is [2H]C([2H])(O)C([2H])(O)C([2H])([2H])NC(=O)c1c(I)c(C(=O)NC([2H])([2H])C([2H])(O)C([2H])([2H])O)c(I)c(N(CC(O)CO)C(C)=O)c1I. The van der Waals surface area contributed by atoms with E-state index >= 15 is 0 Å². The number of carbonyl (C=O) groups excluding carboxylic acids is 3. The molecule has 0 aliphatic heterocycles. The van der Waals surface area contributed by atoms with Crippen LogP contribution in [0.4, 0.5) is 5.69 Å².